The number of methoxy groups -OCH3 is 1. The second-order valence-corrected chi connectivity index (χ2v) is 8.13. The Morgan fingerprint density at radius 3 is 2.10 bits per heavy atom. The summed E-state index contributed by atoms with van der Waals surface area (Å²) in [7, 11) is 1.58. The van der Waals surface area contributed by atoms with Crippen LogP contribution in [0.15, 0.2) is 52.6 Å². The number of ether oxygens (including phenoxy) is 2. The van der Waals surface area contributed by atoms with Gasteiger partial charge in [0.2, 0.25) is 0 Å². The monoisotopic (exact) mass is 396 g/mol. The van der Waals surface area contributed by atoms with Crippen molar-refractivity contribution < 1.29 is 14.3 Å². The first kappa shape index (κ1) is 21.8. The van der Waals surface area contributed by atoms with E-state index in [1.807, 2.05) is 30.3 Å². The minimum absolute atomic E-state index is 0.0506. The van der Waals surface area contributed by atoms with Crippen molar-refractivity contribution in [3.05, 3.63) is 58.2 Å². The number of carbonyl (C=O) groups excluding carboxylic acids is 1. The van der Waals surface area contributed by atoms with E-state index in [2.05, 4.69) is 27.7 Å². The lowest BCUT2D eigenvalue weighted by Gasteiger charge is -2.37. The zero-order valence-corrected chi connectivity index (χ0v) is 18.7. The molecule has 0 N–H and O–H groups in total. The Hall–Kier alpha value is -1.87. The molecule has 3 nitrogen and oxygen atoms in total. The molecule has 0 saturated heterocycles. The number of carbonyl (C=O) groups is 1. The average Bonchev–Trinajstić information content (AvgIpc) is 3.16. The summed E-state index contributed by atoms with van der Waals surface area (Å²) in [5, 5.41) is 0. The number of hydrogen-bond donors (Lipinski definition) is 0. The van der Waals surface area contributed by atoms with Crippen LogP contribution in [0.25, 0.3) is 0 Å². The highest BCUT2D eigenvalue weighted by Crippen LogP contribution is 2.52. The molecule has 1 saturated carbocycles. The van der Waals surface area contributed by atoms with Crippen LogP contribution >= 0.6 is 0 Å². The van der Waals surface area contributed by atoms with E-state index in [1.54, 1.807) is 18.3 Å². The van der Waals surface area contributed by atoms with Crippen LogP contribution in [0.4, 0.5) is 0 Å². The standard InChI is InChI=1S/C26H36O3/c1-6-18-19(7-2)21(9-4)24-22(20(18)8-3)15-16-23(24)29-26(27)25(28-5)17-13-11-10-12-14-17/h10-14,22-25H,6-9,15-16H2,1-5H3/t22-,23+,24+,25-/m0/s1. The second kappa shape index (κ2) is 9.75. The fourth-order valence-corrected chi connectivity index (χ4v) is 5.78. The van der Waals surface area contributed by atoms with E-state index in [0.717, 1.165) is 44.1 Å². The van der Waals surface area contributed by atoms with Gasteiger partial charge in [-0.3, -0.25) is 0 Å². The highest BCUT2D eigenvalue weighted by Gasteiger charge is 2.45. The minimum Gasteiger partial charge on any atom is -0.460 e. The predicted octanol–water partition coefficient (Wildman–Crippen LogP) is 6.56. The number of hydrogen-bond acceptors (Lipinski definition) is 3. The first-order chi connectivity index (χ1) is 14.1. The molecule has 1 aromatic rings. The Balaban J connectivity index is 1.89. The highest BCUT2D eigenvalue weighted by atomic mass is 16.6. The summed E-state index contributed by atoms with van der Waals surface area (Å²) in [5.41, 5.74) is 7.09. The van der Waals surface area contributed by atoms with Crippen molar-refractivity contribution in [1.82, 2.24) is 0 Å². The summed E-state index contributed by atoms with van der Waals surface area (Å²) in [6.07, 6.45) is 5.62. The Kier molecular flexibility index (Phi) is 7.34. The Morgan fingerprint density at radius 1 is 0.931 bits per heavy atom. The second-order valence-electron chi connectivity index (χ2n) is 8.13. The molecule has 3 heteroatoms. The number of allylic oxidation sites excluding steroid dienone is 3. The van der Waals surface area contributed by atoms with Gasteiger partial charge in [0.1, 0.15) is 6.10 Å². The normalized spacial score (nSPS) is 25.2. The maximum Gasteiger partial charge on any atom is 0.340 e. The molecule has 29 heavy (non-hydrogen) atoms. The topological polar surface area (TPSA) is 35.5 Å². The maximum atomic E-state index is 13.0. The van der Waals surface area contributed by atoms with Gasteiger partial charge in [-0.25, -0.2) is 4.79 Å². The third kappa shape index (κ3) is 4.07. The largest absolute Gasteiger partial charge is 0.460 e. The van der Waals surface area contributed by atoms with Crippen molar-refractivity contribution in [2.75, 3.05) is 7.11 Å². The van der Waals surface area contributed by atoms with Gasteiger partial charge in [-0.15, -0.1) is 0 Å². The van der Waals surface area contributed by atoms with Crippen LogP contribution in [-0.2, 0) is 14.3 Å². The van der Waals surface area contributed by atoms with Gasteiger partial charge in [-0.05, 0) is 61.2 Å². The van der Waals surface area contributed by atoms with Crippen LogP contribution in [0.3, 0.4) is 0 Å². The van der Waals surface area contributed by atoms with Gasteiger partial charge in [0.25, 0.3) is 0 Å². The minimum atomic E-state index is -0.661. The first-order valence-electron chi connectivity index (χ1n) is 11.3. The van der Waals surface area contributed by atoms with Crippen molar-refractivity contribution in [2.24, 2.45) is 11.8 Å². The number of rotatable bonds is 8. The summed E-state index contributed by atoms with van der Waals surface area (Å²) < 4.78 is 11.7. The Bertz CT molecular complexity index is 774. The summed E-state index contributed by atoms with van der Waals surface area (Å²) in [6.45, 7) is 9.08. The summed E-state index contributed by atoms with van der Waals surface area (Å²) >= 11 is 0. The molecule has 0 radical (unpaired) electrons. The Labute approximate surface area is 176 Å². The fraction of sp³-hybridized carbons (Fsp3) is 0.577. The highest BCUT2D eigenvalue weighted by molar-refractivity contribution is 5.76. The molecular formula is C26H36O3. The molecule has 2 aliphatic carbocycles. The number of fused-ring (bicyclic) bond motifs is 1. The lowest BCUT2D eigenvalue weighted by atomic mass is 9.69. The predicted molar refractivity (Wildman–Crippen MR) is 118 cm³/mol. The molecule has 0 aliphatic heterocycles. The SMILES string of the molecule is CCC1=C(CC)[C@H]2[C@H](OC(=O)[C@@H](OC)c3ccccc3)CC[C@H]2C(CC)=C1CC. The van der Waals surface area contributed by atoms with Crippen molar-refractivity contribution in [1.29, 1.82) is 0 Å². The quantitative estimate of drug-likeness (QED) is 0.467. The van der Waals surface area contributed by atoms with Crippen LogP contribution in [0.2, 0.25) is 0 Å². The van der Waals surface area contributed by atoms with Gasteiger partial charge >= 0.3 is 5.97 Å². The Morgan fingerprint density at radius 2 is 1.55 bits per heavy atom. The van der Waals surface area contributed by atoms with Crippen LogP contribution in [-0.4, -0.2) is 19.2 Å². The van der Waals surface area contributed by atoms with E-state index in [0.29, 0.717) is 11.8 Å². The molecule has 0 bridgehead atoms. The molecule has 0 heterocycles. The van der Waals surface area contributed by atoms with Gasteiger partial charge in [0.05, 0.1) is 0 Å². The van der Waals surface area contributed by atoms with E-state index < -0.39 is 6.10 Å². The summed E-state index contributed by atoms with van der Waals surface area (Å²) in [4.78, 5) is 13.0. The lowest BCUT2D eigenvalue weighted by Crippen LogP contribution is -2.33. The van der Waals surface area contributed by atoms with E-state index in [-0.39, 0.29) is 12.1 Å². The van der Waals surface area contributed by atoms with Crippen LogP contribution in [0.5, 0.6) is 0 Å². The number of benzene rings is 1. The smallest absolute Gasteiger partial charge is 0.340 e. The molecule has 0 amide bonds. The van der Waals surface area contributed by atoms with Crippen LogP contribution < -0.4 is 0 Å². The zero-order valence-electron chi connectivity index (χ0n) is 18.7. The first-order valence-corrected chi connectivity index (χ1v) is 11.3. The molecule has 158 valence electrons. The fourth-order valence-electron chi connectivity index (χ4n) is 5.78. The van der Waals surface area contributed by atoms with Crippen molar-refractivity contribution in [2.45, 2.75) is 78.4 Å². The summed E-state index contributed by atoms with van der Waals surface area (Å²) in [6, 6.07) is 9.64. The van der Waals surface area contributed by atoms with E-state index in [9.17, 15) is 4.79 Å². The van der Waals surface area contributed by atoms with Crippen LogP contribution in [0, 0.1) is 11.8 Å². The van der Waals surface area contributed by atoms with Crippen LogP contribution in [0.1, 0.15) is 77.9 Å². The zero-order chi connectivity index (χ0) is 21.0. The van der Waals surface area contributed by atoms with E-state index in [1.165, 1.54) is 11.1 Å². The van der Waals surface area contributed by atoms with Gasteiger partial charge < -0.3 is 9.47 Å². The molecule has 0 spiro atoms. The lowest BCUT2D eigenvalue weighted by molar-refractivity contribution is -0.162. The molecule has 4 atom stereocenters. The molecule has 3 rings (SSSR count). The van der Waals surface area contributed by atoms with Gasteiger partial charge in [-0.2, -0.15) is 0 Å². The molecule has 2 aliphatic rings. The van der Waals surface area contributed by atoms with Crippen molar-refractivity contribution in [3.8, 4) is 0 Å². The van der Waals surface area contributed by atoms with Gasteiger partial charge in [0, 0.05) is 13.0 Å². The molecular weight excluding hydrogens is 360 g/mol. The van der Waals surface area contributed by atoms with E-state index in [4.69, 9.17) is 9.47 Å². The third-order valence-electron chi connectivity index (χ3n) is 6.87. The molecule has 0 aromatic heterocycles. The third-order valence-corrected chi connectivity index (χ3v) is 6.87. The number of esters is 1. The van der Waals surface area contributed by atoms with E-state index >= 15 is 0 Å². The molecule has 0 unspecified atom stereocenters. The summed E-state index contributed by atoms with van der Waals surface area (Å²) in [5.74, 6) is 0.592. The maximum absolute atomic E-state index is 13.0. The van der Waals surface area contributed by atoms with Gasteiger partial charge in [-0.1, -0.05) is 69.2 Å². The molecule has 1 aromatic carbocycles. The van der Waals surface area contributed by atoms with Gasteiger partial charge in [0.15, 0.2) is 6.10 Å². The van der Waals surface area contributed by atoms with Crippen molar-refractivity contribution in [3.63, 3.8) is 0 Å². The average molecular weight is 397 g/mol. The molecule has 1 fully saturated rings. The van der Waals surface area contributed by atoms with Crippen molar-refractivity contribution >= 4 is 5.97 Å².